The number of primary amides is 1. The second kappa shape index (κ2) is 6.01. The Labute approximate surface area is 122 Å². The summed E-state index contributed by atoms with van der Waals surface area (Å²) in [6.07, 6.45) is 10.8. The topological polar surface area (TPSA) is 89.9 Å². The molecule has 0 radical (unpaired) electrons. The Bertz CT molecular complexity index is 612. The summed E-state index contributed by atoms with van der Waals surface area (Å²) in [6, 6.07) is 0. The molecule has 21 heavy (non-hydrogen) atoms. The van der Waals surface area contributed by atoms with Crippen molar-refractivity contribution in [1.29, 1.82) is 0 Å². The number of piperidine rings is 1. The fraction of sp³-hybridized carbons (Fsp3) is 0.429. The summed E-state index contributed by atoms with van der Waals surface area (Å²) in [5.74, 6) is 0.773. The van der Waals surface area contributed by atoms with Crippen LogP contribution in [-0.4, -0.2) is 50.0 Å². The summed E-state index contributed by atoms with van der Waals surface area (Å²) in [7, 11) is 0. The zero-order valence-corrected chi connectivity index (χ0v) is 11.7. The number of hydrogen-bond donors (Lipinski definition) is 1. The second-order valence-electron chi connectivity index (χ2n) is 5.28. The molecule has 0 aliphatic carbocycles. The van der Waals surface area contributed by atoms with Crippen LogP contribution >= 0.6 is 0 Å². The average molecular weight is 286 g/mol. The van der Waals surface area contributed by atoms with Gasteiger partial charge in [0, 0.05) is 37.3 Å². The third-order valence-electron chi connectivity index (χ3n) is 3.73. The molecule has 1 amide bonds. The van der Waals surface area contributed by atoms with Crippen molar-refractivity contribution >= 4 is 5.91 Å². The maximum Gasteiger partial charge on any atom is 0.231 e. The van der Waals surface area contributed by atoms with Crippen molar-refractivity contribution in [2.45, 2.75) is 18.8 Å². The summed E-state index contributed by atoms with van der Waals surface area (Å²) in [4.78, 5) is 26.2. The van der Waals surface area contributed by atoms with E-state index in [0.717, 1.165) is 37.4 Å². The fourth-order valence-electron chi connectivity index (χ4n) is 2.86. The minimum Gasteiger partial charge on any atom is -0.369 e. The summed E-state index contributed by atoms with van der Waals surface area (Å²) in [5, 5.41) is 0. The molecule has 1 saturated heterocycles. The zero-order chi connectivity index (χ0) is 14.7. The van der Waals surface area contributed by atoms with Crippen LogP contribution < -0.4 is 5.73 Å². The van der Waals surface area contributed by atoms with Gasteiger partial charge in [-0.1, -0.05) is 0 Å². The molecule has 1 aliphatic heterocycles. The first kappa shape index (κ1) is 13.7. The number of imidazole rings is 1. The van der Waals surface area contributed by atoms with Gasteiger partial charge in [-0.3, -0.25) is 19.2 Å². The highest BCUT2D eigenvalue weighted by atomic mass is 16.1. The van der Waals surface area contributed by atoms with E-state index in [1.807, 2.05) is 10.8 Å². The maximum atomic E-state index is 11.1. The van der Waals surface area contributed by atoms with Crippen molar-refractivity contribution in [3.63, 3.8) is 0 Å². The van der Waals surface area contributed by atoms with E-state index in [1.165, 1.54) is 0 Å². The molecule has 0 saturated carbocycles. The lowest BCUT2D eigenvalue weighted by molar-refractivity contribution is -0.119. The molecular formula is C14H18N6O. The number of carbonyl (C=O) groups is 1. The van der Waals surface area contributed by atoms with Crippen molar-refractivity contribution in [3.8, 4) is 5.82 Å². The number of amides is 1. The molecule has 0 unspecified atom stereocenters. The van der Waals surface area contributed by atoms with Crippen LogP contribution in [-0.2, 0) is 4.79 Å². The molecule has 0 spiro atoms. The lowest BCUT2D eigenvalue weighted by Crippen LogP contribution is -2.40. The Morgan fingerprint density at radius 1 is 1.33 bits per heavy atom. The standard InChI is InChI=1S/C14H18N6O/c15-12(21)9-19-6-1-2-11(8-19)13-14(18-4-3-17-13)20-7-5-16-10-20/h3-5,7,10-11H,1-2,6,8-9H2,(H2,15,21)/t11-/m1/s1. The predicted octanol–water partition coefficient (Wildman–Crippen LogP) is 0.327. The number of carbonyl (C=O) groups excluding carboxylic acids is 1. The third-order valence-corrected chi connectivity index (χ3v) is 3.73. The predicted molar refractivity (Wildman–Crippen MR) is 76.8 cm³/mol. The largest absolute Gasteiger partial charge is 0.369 e. The average Bonchev–Trinajstić information content (AvgIpc) is 3.01. The van der Waals surface area contributed by atoms with Crippen LogP contribution in [0.25, 0.3) is 5.82 Å². The van der Waals surface area contributed by atoms with Crippen molar-refractivity contribution in [2.24, 2.45) is 5.73 Å². The van der Waals surface area contributed by atoms with Crippen molar-refractivity contribution in [3.05, 3.63) is 36.8 Å². The van der Waals surface area contributed by atoms with Crippen LogP contribution in [0.5, 0.6) is 0 Å². The Hall–Kier alpha value is -2.28. The van der Waals surface area contributed by atoms with Gasteiger partial charge >= 0.3 is 0 Å². The minimum atomic E-state index is -0.287. The smallest absolute Gasteiger partial charge is 0.231 e. The van der Waals surface area contributed by atoms with E-state index in [4.69, 9.17) is 5.73 Å². The third kappa shape index (κ3) is 3.08. The zero-order valence-electron chi connectivity index (χ0n) is 11.7. The normalized spacial score (nSPS) is 19.5. The van der Waals surface area contributed by atoms with Crippen LogP contribution in [0.2, 0.25) is 0 Å². The van der Waals surface area contributed by atoms with E-state index in [1.54, 1.807) is 24.9 Å². The monoisotopic (exact) mass is 286 g/mol. The molecule has 0 bridgehead atoms. The van der Waals surface area contributed by atoms with Gasteiger partial charge in [0.1, 0.15) is 6.33 Å². The van der Waals surface area contributed by atoms with E-state index >= 15 is 0 Å². The van der Waals surface area contributed by atoms with Gasteiger partial charge in [-0.25, -0.2) is 9.97 Å². The van der Waals surface area contributed by atoms with Crippen LogP contribution in [0.3, 0.4) is 0 Å². The van der Waals surface area contributed by atoms with Gasteiger partial charge in [0.2, 0.25) is 5.91 Å². The molecule has 110 valence electrons. The molecule has 1 atom stereocenters. The summed E-state index contributed by atoms with van der Waals surface area (Å²) < 4.78 is 1.87. The highest BCUT2D eigenvalue weighted by Crippen LogP contribution is 2.28. The Morgan fingerprint density at radius 2 is 2.19 bits per heavy atom. The second-order valence-corrected chi connectivity index (χ2v) is 5.28. The Morgan fingerprint density at radius 3 is 2.95 bits per heavy atom. The van der Waals surface area contributed by atoms with Gasteiger partial charge in [-0.05, 0) is 19.4 Å². The van der Waals surface area contributed by atoms with E-state index in [2.05, 4.69) is 19.9 Å². The van der Waals surface area contributed by atoms with Crippen LogP contribution in [0, 0.1) is 0 Å². The Balaban J connectivity index is 1.85. The van der Waals surface area contributed by atoms with Crippen molar-refractivity contribution < 1.29 is 4.79 Å². The molecular weight excluding hydrogens is 268 g/mol. The Kier molecular flexibility index (Phi) is 3.92. The molecule has 0 aromatic carbocycles. The number of nitrogens with two attached hydrogens (primary N) is 1. The van der Waals surface area contributed by atoms with Gasteiger partial charge in [0.15, 0.2) is 5.82 Å². The fourth-order valence-corrected chi connectivity index (χ4v) is 2.86. The van der Waals surface area contributed by atoms with E-state index < -0.39 is 0 Å². The number of rotatable bonds is 4. The molecule has 2 N–H and O–H groups in total. The molecule has 1 fully saturated rings. The van der Waals surface area contributed by atoms with Crippen LogP contribution in [0.1, 0.15) is 24.5 Å². The lowest BCUT2D eigenvalue weighted by atomic mass is 9.94. The quantitative estimate of drug-likeness (QED) is 0.874. The van der Waals surface area contributed by atoms with E-state index in [0.29, 0.717) is 6.54 Å². The van der Waals surface area contributed by atoms with Crippen LogP contribution in [0.4, 0.5) is 0 Å². The lowest BCUT2D eigenvalue weighted by Gasteiger charge is -2.31. The van der Waals surface area contributed by atoms with Crippen molar-refractivity contribution in [1.82, 2.24) is 24.4 Å². The molecule has 7 heteroatoms. The van der Waals surface area contributed by atoms with Gasteiger partial charge < -0.3 is 5.73 Å². The van der Waals surface area contributed by atoms with E-state index in [-0.39, 0.29) is 11.8 Å². The molecule has 3 heterocycles. The molecule has 3 rings (SSSR count). The molecule has 2 aromatic rings. The minimum absolute atomic E-state index is 0.254. The first-order valence-electron chi connectivity index (χ1n) is 7.04. The van der Waals surface area contributed by atoms with Crippen LogP contribution in [0.15, 0.2) is 31.1 Å². The highest BCUT2D eigenvalue weighted by Gasteiger charge is 2.26. The SMILES string of the molecule is NC(=O)CN1CCC[C@@H](c2nccnc2-n2ccnc2)C1. The summed E-state index contributed by atoms with van der Waals surface area (Å²) in [6.45, 7) is 1.99. The molecule has 1 aliphatic rings. The summed E-state index contributed by atoms with van der Waals surface area (Å²) in [5.41, 5.74) is 6.24. The van der Waals surface area contributed by atoms with Gasteiger partial charge in [-0.2, -0.15) is 0 Å². The van der Waals surface area contributed by atoms with E-state index in [9.17, 15) is 4.79 Å². The molecule has 2 aromatic heterocycles. The number of hydrogen-bond acceptors (Lipinski definition) is 5. The van der Waals surface area contributed by atoms with Gasteiger partial charge in [0.05, 0.1) is 12.2 Å². The van der Waals surface area contributed by atoms with Gasteiger partial charge in [-0.15, -0.1) is 0 Å². The number of nitrogens with zero attached hydrogens (tertiary/aromatic N) is 5. The summed E-state index contributed by atoms with van der Waals surface area (Å²) >= 11 is 0. The maximum absolute atomic E-state index is 11.1. The number of aromatic nitrogens is 4. The number of likely N-dealkylation sites (tertiary alicyclic amines) is 1. The highest BCUT2D eigenvalue weighted by molar-refractivity contribution is 5.75. The van der Waals surface area contributed by atoms with Crippen molar-refractivity contribution in [2.75, 3.05) is 19.6 Å². The van der Waals surface area contributed by atoms with Gasteiger partial charge in [0.25, 0.3) is 0 Å². The molecule has 7 nitrogen and oxygen atoms in total. The first-order chi connectivity index (χ1) is 10.2. The first-order valence-corrected chi connectivity index (χ1v) is 7.04.